The van der Waals surface area contributed by atoms with Crippen molar-refractivity contribution < 1.29 is 0 Å². The van der Waals surface area contributed by atoms with Gasteiger partial charge in [0.05, 0.1) is 16.4 Å². The van der Waals surface area contributed by atoms with Crippen LogP contribution in [0.2, 0.25) is 5.02 Å². The summed E-state index contributed by atoms with van der Waals surface area (Å²) in [6.45, 7) is 6.71. The average Bonchev–Trinajstić information content (AvgIpc) is 2.67. The predicted molar refractivity (Wildman–Crippen MR) is 77.3 cm³/mol. The Bertz CT molecular complexity index is 560. The maximum atomic E-state index is 6.29. The van der Waals surface area contributed by atoms with E-state index in [1.807, 2.05) is 43.8 Å². The van der Waals surface area contributed by atoms with E-state index in [2.05, 4.69) is 10.1 Å². The van der Waals surface area contributed by atoms with Gasteiger partial charge in [0.2, 0.25) is 0 Å². The summed E-state index contributed by atoms with van der Waals surface area (Å²) in [7, 11) is 0. The first kappa shape index (κ1) is 14.0. The van der Waals surface area contributed by atoms with Crippen molar-refractivity contribution in [1.82, 2.24) is 14.8 Å². The standard InChI is InChI=1S/C14H19ClN4/c1-4-19-13(14(15)10(3)18-19)7-12(16)11-6-5-9(2)17-8-11/h5-6,8,12H,4,7,16H2,1-3H3. The van der Waals surface area contributed by atoms with Crippen molar-refractivity contribution in [2.24, 2.45) is 5.73 Å². The molecule has 0 spiro atoms. The fourth-order valence-corrected chi connectivity index (χ4v) is 2.30. The van der Waals surface area contributed by atoms with Crippen LogP contribution in [0.3, 0.4) is 0 Å². The van der Waals surface area contributed by atoms with E-state index in [-0.39, 0.29) is 6.04 Å². The molecule has 2 aromatic rings. The van der Waals surface area contributed by atoms with E-state index < -0.39 is 0 Å². The van der Waals surface area contributed by atoms with Crippen LogP contribution in [0.1, 0.15) is 35.6 Å². The zero-order chi connectivity index (χ0) is 14.0. The lowest BCUT2D eigenvalue weighted by Gasteiger charge is -2.13. The molecule has 1 unspecified atom stereocenters. The molecule has 102 valence electrons. The predicted octanol–water partition coefficient (Wildman–Crippen LogP) is 2.81. The van der Waals surface area contributed by atoms with Gasteiger partial charge in [0.15, 0.2) is 0 Å². The first-order chi connectivity index (χ1) is 9.02. The van der Waals surface area contributed by atoms with Gasteiger partial charge in [-0.3, -0.25) is 9.67 Å². The van der Waals surface area contributed by atoms with Crippen LogP contribution in [0.5, 0.6) is 0 Å². The van der Waals surface area contributed by atoms with Crippen LogP contribution in [0.4, 0.5) is 0 Å². The number of rotatable bonds is 4. The summed E-state index contributed by atoms with van der Waals surface area (Å²) in [5.74, 6) is 0. The number of hydrogen-bond acceptors (Lipinski definition) is 3. The number of halogens is 1. The monoisotopic (exact) mass is 278 g/mol. The number of aryl methyl sites for hydroxylation is 3. The van der Waals surface area contributed by atoms with E-state index >= 15 is 0 Å². The summed E-state index contributed by atoms with van der Waals surface area (Å²) in [5.41, 5.74) is 10.1. The molecule has 0 aliphatic heterocycles. The molecule has 2 aromatic heterocycles. The van der Waals surface area contributed by atoms with Crippen LogP contribution in [-0.2, 0) is 13.0 Å². The van der Waals surface area contributed by atoms with Crippen LogP contribution in [0.15, 0.2) is 18.3 Å². The number of aromatic nitrogens is 3. The molecule has 0 aliphatic carbocycles. The van der Waals surface area contributed by atoms with Crippen molar-refractivity contribution in [3.8, 4) is 0 Å². The molecule has 0 radical (unpaired) electrons. The summed E-state index contributed by atoms with van der Waals surface area (Å²) in [4.78, 5) is 4.28. The maximum Gasteiger partial charge on any atom is 0.0847 e. The van der Waals surface area contributed by atoms with Crippen LogP contribution in [0.25, 0.3) is 0 Å². The Morgan fingerprint density at radius 2 is 2.11 bits per heavy atom. The smallest absolute Gasteiger partial charge is 0.0847 e. The molecule has 0 amide bonds. The molecule has 0 fully saturated rings. The second-order valence-corrected chi connectivity index (χ2v) is 5.08. The largest absolute Gasteiger partial charge is 0.324 e. The van der Waals surface area contributed by atoms with Crippen molar-refractivity contribution in [2.75, 3.05) is 0 Å². The minimum absolute atomic E-state index is 0.119. The van der Waals surface area contributed by atoms with Gasteiger partial charge in [0.25, 0.3) is 0 Å². The highest BCUT2D eigenvalue weighted by molar-refractivity contribution is 6.31. The van der Waals surface area contributed by atoms with Gasteiger partial charge < -0.3 is 5.73 Å². The second-order valence-electron chi connectivity index (χ2n) is 4.71. The van der Waals surface area contributed by atoms with Crippen LogP contribution in [-0.4, -0.2) is 14.8 Å². The number of nitrogens with zero attached hydrogens (tertiary/aromatic N) is 3. The number of nitrogens with two attached hydrogens (primary N) is 1. The lowest BCUT2D eigenvalue weighted by Crippen LogP contribution is -2.16. The molecule has 0 aliphatic rings. The van der Waals surface area contributed by atoms with E-state index in [0.717, 1.165) is 34.2 Å². The molecular formula is C14H19ClN4. The zero-order valence-corrected chi connectivity index (χ0v) is 12.3. The van der Waals surface area contributed by atoms with E-state index in [4.69, 9.17) is 17.3 Å². The SMILES string of the molecule is CCn1nc(C)c(Cl)c1CC(N)c1ccc(C)nc1. The minimum atomic E-state index is -0.119. The first-order valence-electron chi connectivity index (χ1n) is 6.42. The summed E-state index contributed by atoms with van der Waals surface area (Å²) >= 11 is 6.29. The van der Waals surface area contributed by atoms with E-state index in [1.54, 1.807) is 0 Å². The molecule has 5 heteroatoms. The molecule has 0 saturated carbocycles. The molecule has 2 N–H and O–H groups in total. The van der Waals surface area contributed by atoms with Gasteiger partial charge in [-0.05, 0) is 32.4 Å². The first-order valence-corrected chi connectivity index (χ1v) is 6.80. The third-order valence-corrected chi connectivity index (χ3v) is 3.72. The van der Waals surface area contributed by atoms with Gasteiger partial charge >= 0.3 is 0 Å². The Labute approximate surface area is 118 Å². The Kier molecular flexibility index (Phi) is 4.22. The van der Waals surface area contributed by atoms with Crippen molar-refractivity contribution in [3.05, 3.63) is 46.0 Å². The summed E-state index contributed by atoms with van der Waals surface area (Å²) in [5, 5.41) is 5.12. The van der Waals surface area contributed by atoms with Crippen molar-refractivity contribution in [1.29, 1.82) is 0 Å². The maximum absolute atomic E-state index is 6.29. The normalized spacial score (nSPS) is 12.7. The molecule has 2 heterocycles. The third kappa shape index (κ3) is 2.96. The topological polar surface area (TPSA) is 56.7 Å². The van der Waals surface area contributed by atoms with Crippen LogP contribution < -0.4 is 5.73 Å². The third-order valence-electron chi connectivity index (χ3n) is 3.23. The fourth-order valence-electron chi connectivity index (χ4n) is 2.09. The summed E-state index contributed by atoms with van der Waals surface area (Å²) in [6.07, 6.45) is 2.49. The van der Waals surface area contributed by atoms with Gasteiger partial charge in [0, 0.05) is 30.9 Å². The highest BCUT2D eigenvalue weighted by Crippen LogP contribution is 2.24. The molecule has 4 nitrogen and oxygen atoms in total. The lowest BCUT2D eigenvalue weighted by atomic mass is 10.0. The van der Waals surface area contributed by atoms with Crippen molar-refractivity contribution >= 4 is 11.6 Å². The molecular weight excluding hydrogens is 260 g/mol. The van der Waals surface area contributed by atoms with Crippen molar-refractivity contribution in [2.45, 2.75) is 39.8 Å². The van der Waals surface area contributed by atoms with Crippen molar-refractivity contribution in [3.63, 3.8) is 0 Å². The molecule has 0 aromatic carbocycles. The molecule has 0 saturated heterocycles. The van der Waals surface area contributed by atoms with E-state index in [0.29, 0.717) is 6.42 Å². The van der Waals surface area contributed by atoms with Gasteiger partial charge in [-0.15, -0.1) is 0 Å². The summed E-state index contributed by atoms with van der Waals surface area (Å²) in [6, 6.07) is 3.87. The molecule has 1 atom stereocenters. The second kappa shape index (κ2) is 5.72. The van der Waals surface area contributed by atoms with Gasteiger partial charge in [-0.2, -0.15) is 5.10 Å². The zero-order valence-electron chi connectivity index (χ0n) is 11.5. The number of pyridine rings is 1. The van der Waals surface area contributed by atoms with Gasteiger partial charge in [0.1, 0.15) is 0 Å². The lowest BCUT2D eigenvalue weighted by molar-refractivity contribution is 0.586. The average molecular weight is 279 g/mol. The Hall–Kier alpha value is -1.39. The quantitative estimate of drug-likeness (QED) is 0.936. The van der Waals surface area contributed by atoms with Crippen LogP contribution >= 0.6 is 11.6 Å². The number of hydrogen-bond donors (Lipinski definition) is 1. The fraction of sp³-hybridized carbons (Fsp3) is 0.429. The highest BCUT2D eigenvalue weighted by Gasteiger charge is 2.16. The molecule has 2 rings (SSSR count). The van der Waals surface area contributed by atoms with Crippen LogP contribution in [0, 0.1) is 13.8 Å². The Morgan fingerprint density at radius 3 is 2.68 bits per heavy atom. The highest BCUT2D eigenvalue weighted by atomic mass is 35.5. The molecule has 19 heavy (non-hydrogen) atoms. The van der Waals surface area contributed by atoms with E-state index in [1.165, 1.54) is 0 Å². The van der Waals surface area contributed by atoms with E-state index in [9.17, 15) is 0 Å². The van der Waals surface area contributed by atoms with Gasteiger partial charge in [-0.1, -0.05) is 17.7 Å². The summed E-state index contributed by atoms with van der Waals surface area (Å²) < 4.78 is 1.92. The minimum Gasteiger partial charge on any atom is -0.324 e. The Balaban J connectivity index is 2.23. The molecule has 0 bridgehead atoms. The van der Waals surface area contributed by atoms with Gasteiger partial charge in [-0.25, -0.2) is 0 Å². The Morgan fingerprint density at radius 1 is 1.37 bits per heavy atom.